The van der Waals surface area contributed by atoms with Crippen molar-refractivity contribution in [2.75, 3.05) is 0 Å². The highest BCUT2D eigenvalue weighted by Gasteiger charge is 2.15. The van der Waals surface area contributed by atoms with Crippen LogP contribution in [-0.2, 0) is 4.79 Å². The number of hydrogen-bond donors (Lipinski definition) is 1. The maximum atomic E-state index is 11.0. The number of rotatable bonds is 2. The summed E-state index contributed by atoms with van der Waals surface area (Å²) in [7, 11) is 0. The van der Waals surface area contributed by atoms with Gasteiger partial charge in [0, 0.05) is 4.47 Å². The molecule has 0 saturated heterocycles. The molecule has 0 saturated carbocycles. The van der Waals surface area contributed by atoms with Gasteiger partial charge in [0.25, 0.3) is 0 Å². The average molecular weight is 279 g/mol. The molecule has 1 atom stereocenters. The second-order valence-electron chi connectivity index (χ2n) is 3.77. The molecular formula is C13H11BrO2. The van der Waals surface area contributed by atoms with Crippen molar-refractivity contribution in [3.8, 4) is 0 Å². The van der Waals surface area contributed by atoms with Crippen molar-refractivity contribution in [3.05, 3.63) is 46.4 Å². The summed E-state index contributed by atoms with van der Waals surface area (Å²) >= 11 is 3.41. The van der Waals surface area contributed by atoms with Gasteiger partial charge in [-0.3, -0.25) is 4.79 Å². The number of hydrogen-bond acceptors (Lipinski definition) is 1. The molecular weight excluding hydrogens is 268 g/mol. The Balaban J connectivity index is 2.66. The van der Waals surface area contributed by atoms with Crippen molar-refractivity contribution < 1.29 is 9.90 Å². The standard InChI is InChI=1S/C13H11BrO2/c1-8(13(15)16)11-4-2-3-9-7-10(14)5-6-12(9)11/h2-8H,1H3,(H,15,16). The lowest BCUT2D eigenvalue weighted by Crippen LogP contribution is -2.07. The molecule has 3 heteroatoms. The van der Waals surface area contributed by atoms with Gasteiger partial charge in [-0.2, -0.15) is 0 Å². The van der Waals surface area contributed by atoms with Crippen LogP contribution in [0.5, 0.6) is 0 Å². The van der Waals surface area contributed by atoms with E-state index in [2.05, 4.69) is 15.9 Å². The van der Waals surface area contributed by atoms with E-state index in [4.69, 9.17) is 5.11 Å². The Morgan fingerprint density at radius 2 is 2.06 bits per heavy atom. The van der Waals surface area contributed by atoms with E-state index in [-0.39, 0.29) is 0 Å². The normalized spacial score (nSPS) is 12.6. The lowest BCUT2D eigenvalue weighted by molar-refractivity contribution is -0.138. The number of carboxylic acids is 1. The summed E-state index contributed by atoms with van der Waals surface area (Å²) in [5.74, 6) is -1.28. The first kappa shape index (κ1) is 11.1. The van der Waals surface area contributed by atoms with Crippen LogP contribution >= 0.6 is 15.9 Å². The van der Waals surface area contributed by atoms with Crippen LogP contribution in [0.1, 0.15) is 18.4 Å². The monoisotopic (exact) mass is 278 g/mol. The third kappa shape index (κ3) is 1.95. The lowest BCUT2D eigenvalue weighted by Gasteiger charge is -2.10. The van der Waals surface area contributed by atoms with Gasteiger partial charge in [-0.25, -0.2) is 0 Å². The molecule has 0 heterocycles. The fourth-order valence-electron chi connectivity index (χ4n) is 1.79. The van der Waals surface area contributed by atoms with Gasteiger partial charge in [0.05, 0.1) is 5.92 Å². The Hall–Kier alpha value is -1.35. The molecule has 0 aliphatic rings. The van der Waals surface area contributed by atoms with Crippen LogP contribution in [0, 0.1) is 0 Å². The molecule has 2 aromatic carbocycles. The Bertz CT molecular complexity index is 549. The summed E-state index contributed by atoms with van der Waals surface area (Å²) in [6, 6.07) is 11.6. The zero-order chi connectivity index (χ0) is 11.7. The quantitative estimate of drug-likeness (QED) is 0.908. The van der Waals surface area contributed by atoms with Gasteiger partial charge < -0.3 is 5.11 Å². The molecule has 82 valence electrons. The second-order valence-corrected chi connectivity index (χ2v) is 4.69. The van der Waals surface area contributed by atoms with E-state index in [1.807, 2.05) is 36.4 Å². The third-order valence-corrected chi connectivity index (χ3v) is 3.21. The molecule has 16 heavy (non-hydrogen) atoms. The first-order chi connectivity index (χ1) is 7.59. The van der Waals surface area contributed by atoms with Crippen LogP contribution < -0.4 is 0 Å². The predicted octanol–water partition coefficient (Wildman–Crippen LogP) is 3.79. The predicted molar refractivity (Wildman–Crippen MR) is 67.7 cm³/mol. The maximum absolute atomic E-state index is 11.0. The molecule has 0 bridgehead atoms. The Morgan fingerprint density at radius 3 is 2.75 bits per heavy atom. The molecule has 0 fully saturated rings. The molecule has 0 aliphatic heterocycles. The van der Waals surface area contributed by atoms with Gasteiger partial charge in [0.15, 0.2) is 0 Å². The maximum Gasteiger partial charge on any atom is 0.310 e. The Kier molecular flexibility index (Phi) is 2.97. The number of carboxylic acid groups (broad SMARTS) is 1. The molecule has 0 aromatic heterocycles. The smallest absolute Gasteiger partial charge is 0.310 e. The van der Waals surface area contributed by atoms with Crippen molar-refractivity contribution in [2.45, 2.75) is 12.8 Å². The van der Waals surface area contributed by atoms with Crippen LogP contribution in [0.3, 0.4) is 0 Å². The zero-order valence-electron chi connectivity index (χ0n) is 8.77. The average Bonchev–Trinajstić information content (AvgIpc) is 2.26. The molecule has 1 unspecified atom stereocenters. The molecule has 0 radical (unpaired) electrons. The SMILES string of the molecule is CC(C(=O)O)c1cccc2cc(Br)ccc12. The summed E-state index contributed by atoms with van der Waals surface area (Å²) < 4.78 is 1.00. The van der Waals surface area contributed by atoms with Crippen molar-refractivity contribution in [2.24, 2.45) is 0 Å². The van der Waals surface area contributed by atoms with E-state index < -0.39 is 11.9 Å². The Labute approximate surface area is 102 Å². The summed E-state index contributed by atoms with van der Waals surface area (Å²) in [5, 5.41) is 11.1. The molecule has 0 amide bonds. The molecule has 1 N–H and O–H groups in total. The largest absolute Gasteiger partial charge is 0.481 e. The topological polar surface area (TPSA) is 37.3 Å². The van der Waals surface area contributed by atoms with Crippen LogP contribution in [0.25, 0.3) is 10.8 Å². The van der Waals surface area contributed by atoms with Crippen molar-refractivity contribution in [1.82, 2.24) is 0 Å². The molecule has 2 nitrogen and oxygen atoms in total. The van der Waals surface area contributed by atoms with E-state index in [0.717, 1.165) is 20.8 Å². The summed E-state index contributed by atoms with van der Waals surface area (Å²) in [6.45, 7) is 1.71. The minimum Gasteiger partial charge on any atom is -0.481 e. The first-order valence-electron chi connectivity index (χ1n) is 5.00. The van der Waals surface area contributed by atoms with Gasteiger partial charge in [0.2, 0.25) is 0 Å². The van der Waals surface area contributed by atoms with Crippen LogP contribution in [0.4, 0.5) is 0 Å². The number of carbonyl (C=O) groups is 1. The fraction of sp³-hybridized carbons (Fsp3) is 0.154. The summed E-state index contributed by atoms with van der Waals surface area (Å²) in [6.07, 6.45) is 0. The van der Waals surface area contributed by atoms with Gasteiger partial charge in [0.1, 0.15) is 0 Å². The highest BCUT2D eigenvalue weighted by molar-refractivity contribution is 9.10. The van der Waals surface area contributed by atoms with Crippen molar-refractivity contribution in [3.63, 3.8) is 0 Å². The summed E-state index contributed by atoms with van der Waals surface area (Å²) in [4.78, 5) is 11.0. The fourth-order valence-corrected chi connectivity index (χ4v) is 2.17. The van der Waals surface area contributed by atoms with Gasteiger partial charge in [-0.05, 0) is 35.4 Å². The van der Waals surface area contributed by atoms with Crippen molar-refractivity contribution >= 4 is 32.7 Å². The molecule has 0 spiro atoms. The van der Waals surface area contributed by atoms with Crippen LogP contribution in [0.2, 0.25) is 0 Å². The highest BCUT2D eigenvalue weighted by Crippen LogP contribution is 2.27. The number of aliphatic carboxylic acids is 1. The van der Waals surface area contributed by atoms with Crippen LogP contribution in [-0.4, -0.2) is 11.1 Å². The molecule has 2 aromatic rings. The van der Waals surface area contributed by atoms with E-state index in [1.165, 1.54) is 0 Å². The highest BCUT2D eigenvalue weighted by atomic mass is 79.9. The van der Waals surface area contributed by atoms with Gasteiger partial charge >= 0.3 is 5.97 Å². The van der Waals surface area contributed by atoms with E-state index in [9.17, 15) is 4.79 Å². The number of halogens is 1. The van der Waals surface area contributed by atoms with Gasteiger partial charge in [-0.15, -0.1) is 0 Å². The van der Waals surface area contributed by atoms with Crippen LogP contribution in [0.15, 0.2) is 40.9 Å². The Morgan fingerprint density at radius 1 is 1.31 bits per heavy atom. The van der Waals surface area contributed by atoms with E-state index in [0.29, 0.717) is 0 Å². The van der Waals surface area contributed by atoms with E-state index in [1.54, 1.807) is 6.92 Å². The minimum atomic E-state index is -0.796. The zero-order valence-corrected chi connectivity index (χ0v) is 10.4. The first-order valence-corrected chi connectivity index (χ1v) is 5.80. The number of benzene rings is 2. The minimum absolute atomic E-state index is 0.482. The molecule has 2 rings (SSSR count). The van der Waals surface area contributed by atoms with Gasteiger partial charge in [-0.1, -0.05) is 40.2 Å². The second kappa shape index (κ2) is 4.26. The third-order valence-electron chi connectivity index (χ3n) is 2.71. The number of fused-ring (bicyclic) bond motifs is 1. The lowest BCUT2D eigenvalue weighted by atomic mass is 9.95. The molecule has 0 aliphatic carbocycles. The van der Waals surface area contributed by atoms with E-state index >= 15 is 0 Å². The summed E-state index contributed by atoms with van der Waals surface area (Å²) in [5.41, 5.74) is 0.859. The van der Waals surface area contributed by atoms with Crippen molar-refractivity contribution in [1.29, 1.82) is 0 Å².